The van der Waals surface area contributed by atoms with E-state index in [2.05, 4.69) is 6.92 Å². The van der Waals surface area contributed by atoms with Crippen molar-refractivity contribution in [3.63, 3.8) is 0 Å². The van der Waals surface area contributed by atoms with Crippen LogP contribution in [0.15, 0.2) is 36.0 Å². The van der Waals surface area contributed by atoms with E-state index >= 15 is 0 Å². The van der Waals surface area contributed by atoms with Gasteiger partial charge in [0.15, 0.2) is 0 Å². The Balaban J connectivity index is 0.00000450. The molecule has 2 rings (SSSR count). The molecule has 8 heteroatoms. The van der Waals surface area contributed by atoms with Gasteiger partial charge < -0.3 is 10.6 Å². The van der Waals surface area contributed by atoms with E-state index in [1.165, 1.54) is 57.6 Å². The number of rotatable bonds is 13. The van der Waals surface area contributed by atoms with Crippen molar-refractivity contribution in [2.45, 2.75) is 76.4 Å². The largest absolute Gasteiger partial charge is 1.00 e. The second-order valence-electron chi connectivity index (χ2n) is 7.78. The fraction of sp³-hybridized carbons (Fsp3) is 0.591. The Morgan fingerprint density at radius 1 is 1.00 bits per heavy atom. The first-order valence-corrected chi connectivity index (χ1v) is 12.2. The predicted octanol–water partition coefficient (Wildman–Crippen LogP) is 1.73. The van der Waals surface area contributed by atoms with Gasteiger partial charge in [0.1, 0.15) is 5.25 Å². The second kappa shape index (κ2) is 13.5. The van der Waals surface area contributed by atoms with E-state index in [0.717, 1.165) is 12.8 Å². The first-order chi connectivity index (χ1) is 13.9. The first-order valence-electron chi connectivity index (χ1n) is 10.7. The number of nitrogens with two attached hydrogens (primary N) is 1. The summed E-state index contributed by atoms with van der Waals surface area (Å²) in [5, 5.41) is -1.43. The third kappa shape index (κ3) is 8.00. The maximum atomic E-state index is 11.9. The molecule has 1 aromatic rings. The van der Waals surface area contributed by atoms with E-state index in [0.29, 0.717) is 17.8 Å². The van der Waals surface area contributed by atoms with E-state index in [4.69, 9.17) is 5.73 Å². The minimum absolute atomic E-state index is 0. The molecule has 0 aromatic heterocycles. The molecule has 1 amide bonds. The Hall–Kier alpha value is -0.860. The molecule has 3 N–H and O–H groups in total. The van der Waals surface area contributed by atoms with Gasteiger partial charge in [0.2, 0.25) is 5.91 Å². The number of fused-ring (bicyclic) bond motifs is 1. The predicted molar refractivity (Wildman–Crippen MR) is 117 cm³/mol. The summed E-state index contributed by atoms with van der Waals surface area (Å²) in [6, 6.07) is 6.93. The molecule has 1 aliphatic rings. The fourth-order valence-corrected chi connectivity index (χ4v) is 4.93. The summed E-state index contributed by atoms with van der Waals surface area (Å²) in [6.07, 6.45) is 13.7. The van der Waals surface area contributed by atoms with Crippen LogP contribution in [0.2, 0.25) is 0 Å². The summed E-state index contributed by atoms with van der Waals surface area (Å²) >= 11 is 0. The van der Waals surface area contributed by atoms with Gasteiger partial charge in [-0.3, -0.25) is 9.35 Å². The minimum atomic E-state index is -4.50. The number of amides is 1. The fourth-order valence-electron chi connectivity index (χ4n) is 3.91. The van der Waals surface area contributed by atoms with Crippen molar-refractivity contribution in [2.24, 2.45) is 5.73 Å². The average molecular weight is 446 g/mol. The number of hydrogen-bond donors (Lipinski definition) is 2. The van der Waals surface area contributed by atoms with Crippen LogP contribution >= 0.6 is 0 Å². The minimum Gasteiger partial charge on any atom is -0.366 e. The summed E-state index contributed by atoms with van der Waals surface area (Å²) < 4.78 is 33.5. The third-order valence-electron chi connectivity index (χ3n) is 5.44. The molecule has 0 fully saturated rings. The molecule has 1 aromatic carbocycles. The van der Waals surface area contributed by atoms with Crippen LogP contribution in [0, 0.1) is 0 Å². The van der Waals surface area contributed by atoms with Gasteiger partial charge in [-0.15, -0.1) is 0 Å². The molecule has 1 aliphatic heterocycles. The van der Waals surface area contributed by atoms with Crippen LogP contribution in [-0.4, -0.2) is 25.4 Å². The van der Waals surface area contributed by atoms with Crippen molar-refractivity contribution in [1.82, 2.24) is 0 Å². The van der Waals surface area contributed by atoms with Crippen molar-refractivity contribution < 1.29 is 47.3 Å². The molecule has 0 radical (unpaired) electrons. The average Bonchev–Trinajstić information content (AvgIpc) is 2.67. The van der Waals surface area contributed by atoms with Gasteiger partial charge in [0.05, 0.1) is 5.57 Å². The maximum absolute atomic E-state index is 11.9. The molecule has 0 saturated carbocycles. The zero-order valence-corrected chi connectivity index (χ0v) is 21.2. The molecule has 6 nitrogen and oxygen atoms in total. The normalized spacial score (nSPS) is 15.9. The van der Waals surface area contributed by atoms with Crippen LogP contribution < -0.4 is 40.2 Å². The number of carbonyl (C=O) groups is 1. The quantitative estimate of drug-likeness (QED) is 0.274. The van der Waals surface area contributed by atoms with E-state index in [9.17, 15) is 17.8 Å². The summed E-state index contributed by atoms with van der Waals surface area (Å²) in [4.78, 5) is 13.7. The number of para-hydroxylation sites is 1. The van der Waals surface area contributed by atoms with E-state index in [-0.39, 0.29) is 35.1 Å². The second-order valence-corrected chi connectivity index (χ2v) is 9.28. The molecular weight excluding hydrogens is 411 g/mol. The number of benzene rings is 1. The summed E-state index contributed by atoms with van der Waals surface area (Å²) in [5.41, 5.74) is 6.40. The number of carbonyl (C=O) groups excluding carboxylic acids is 1. The molecule has 162 valence electrons. The molecule has 0 aliphatic carbocycles. The van der Waals surface area contributed by atoms with Crippen molar-refractivity contribution in [3.05, 3.63) is 41.6 Å². The zero-order valence-electron chi connectivity index (χ0n) is 18.3. The van der Waals surface area contributed by atoms with Crippen LogP contribution in [0.1, 0.15) is 81.9 Å². The Morgan fingerprint density at radius 2 is 1.53 bits per heavy atom. The van der Waals surface area contributed by atoms with Crippen molar-refractivity contribution >= 4 is 21.7 Å². The molecule has 0 spiro atoms. The van der Waals surface area contributed by atoms with Crippen molar-refractivity contribution in [3.8, 4) is 0 Å². The topological polar surface area (TPSA) is 101 Å². The summed E-state index contributed by atoms with van der Waals surface area (Å²) in [5.74, 6) is -0.838. The van der Waals surface area contributed by atoms with Crippen LogP contribution in [0.25, 0.3) is 0 Å². The number of anilines is 1. The standard InChI is InChI=1S/C22H34N2O4S.Na/c1-2-3-4-5-6-7-8-9-10-13-16-24-17-19(22(23)25)21(29(26,27)28)18-14-11-12-15-20(18)24;/h11-12,14-15,17,21H,2-10,13,16H2,1H3,(H2,23,25)(H,26,27,28);/q;+1. The van der Waals surface area contributed by atoms with E-state index < -0.39 is 21.3 Å². The molecule has 0 saturated heterocycles. The SMILES string of the molecule is CCCCCCCCCCCCN1C=C(C(N)=O)C(S(=O)(=O)O)c2ccccc21.[Na+]. The van der Waals surface area contributed by atoms with Gasteiger partial charge in [-0.1, -0.05) is 82.9 Å². The molecule has 0 bridgehead atoms. The van der Waals surface area contributed by atoms with E-state index in [1.54, 1.807) is 18.2 Å². The number of hydrogen-bond acceptors (Lipinski definition) is 4. The van der Waals surface area contributed by atoms with Crippen LogP contribution in [0.5, 0.6) is 0 Å². The molecule has 30 heavy (non-hydrogen) atoms. The molecule has 1 unspecified atom stereocenters. The van der Waals surface area contributed by atoms with E-state index in [1.807, 2.05) is 11.0 Å². The molecular formula is C22H34N2NaO4S+. The van der Waals surface area contributed by atoms with Crippen molar-refractivity contribution in [2.75, 3.05) is 11.4 Å². The summed E-state index contributed by atoms with van der Waals surface area (Å²) in [6.45, 7) is 2.90. The number of nitrogens with zero attached hydrogens (tertiary/aromatic N) is 1. The Bertz CT molecular complexity index is 811. The molecule has 1 heterocycles. The zero-order chi connectivity index (χ0) is 21.3. The Labute approximate surface area is 203 Å². The van der Waals surface area contributed by atoms with Gasteiger partial charge >= 0.3 is 29.6 Å². The summed E-state index contributed by atoms with van der Waals surface area (Å²) in [7, 11) is -4.50. The van der Waals surface area contributed by atoms with Crippen molar-refractivity contribution in [1.29, 1.82) is 0 Å². The molecule has 1 atom stereocenters. The smallest absolute Gasteiger partial charge is 0.366 e. The van der Waals surface area contributed by atoms with Gasteiger partial charge in [-0.2, -0.15) is 8.42 Å². The van der Waals surface area contributed by atoms with Crippen LogP contribution in [0.3, 0.4) is 0 Å². The third-order valence-corrected chi connectivity index (χ3v) is 6.54. The van der Waals surface area contributed by atoms with Crippen LogP contribution in [-0.2, 0) is 14.9 Å². The van der Waals surface area contributed by atoms with Gasteiger partial charge in [0, 0.05) is 24.0 Å². The van der Waals surface area contributed by atoms with Crippen LogP contribution in [0.4, 0.5) is 5.69 Å². The number of unbranched alkanes of at least 4 members (excludes halogenated alkanes) is 9. The van der Waals surface area contributed by atoms with Gasteiger partial charge in [0.25, 0.3) is 10.1 Å². The van der Waals surface area contributed by atoms with Gasteiger partial charge in [-0.25, -0.2) is 0 Å². The maximum Gasteiger partial charge on any atom is 1.00 e. The Kier molecular flexibility index (Phi) is 12.3. The van der Waals surface area contributed by atoms with Gasteiger partial charge in [-0.05, 0) is 12.5 Å². The Morgan fingerprint density at radius 3 is 2.07 bits per heavy atom. The monoisotopic (exact) mass is 445 g/mol. The number of primary amides is 1. The first kappa shape index (κ1) is 27.2.